The van der Waals surface area contributed by atoms with E-state index in [0.717, 1.165) is 18.3 Å². The zero-order valence-electron chi connectivity index (χ0n) is 9.41. The molecule has 1 aromatic rings. The molecule has 2 N–H and O–H groups in total. The van der Waals surface area contributed by atoms with Gasteiger partial charge in [-0.15, -0.1) is 11.3 Å². The van der Waals surface area contributed by atoms with Crippen LogP contribution in [0.15, 0.2) is 5.38 Å². The number of thiazole rings is 1. The Morgan fingerprint density at radius 2 is 2.40 bits per heavy atom. The highest BCUT2D eigenvalue weighted by Gasteiger charge is 2.26. The highest BCUT2D eigenvalue weighted by Crippen LogP contribution is 2.40. The minimum Gasteiger partial charge on any atom is -0.330 e. The molecule has 1 aliphatic carbocycles. The Labute approximate surface area is 95.9 Å². The number of aromatic nitrogens is 1. The maximum absolute atomic E-state index is 5.53. The minimum absolute atomic E-state index is 0.714. The quantitative estimate of drug-likeness (QED) is 0.854. The van der Waals surface area contributed by atoms with Gasteiger partial charge in [-0.05, 0) is 31.7 Å². The van der Waals surface area contributed by atoms with E-state index in [2.05, 4.69) is 17.3 Å². The molecule has 84 valence electrons. The van der Waals surface area contributed by atoms with Crippen LogP contribution >= 0.6 is 11.3 Å². The first-order chi connectivity index (χ1) is 7.33. The second-order valence-electron chi connectivity index (χ2n) is 4.50. The van der Waals surface area contributed by atoms with Gasteiger partial charge in [-0.2, -0.15) is 0 Å². The van der Waals surface area contributed by atoms with Crippen molar-refractivity contribution in [2.75, 3.05) is 6.54 Å². The zero-order chi connectivity index (χ0) is 10.7. The average Bonchev–Trinajstić information content (AvgIpc) is 2.85. The van der Waals surface area contributed by atoms with Crippen molar-refractivity contribution < 1.29 is 0 Å². The lowest BCUT2D eigenvalue weighted by Gasteiger charge is -2.06. The minimum atomic E-state index is 0.714. The van der Waals surface area contributed by atoms with E-state index in [0.29, 0.717) is 6.54 Å². The maximum Gasteiger partial charge on any atom is 0.0959 e. The Morgan fingerprint density at radius 3 is 3.07 bits per heavy atom. The molecular weight excluding hydrogens is 204 g/mol. The number of hydrogen-bond donors (Lipinski definition) is 1. The van der Waals surface area contributed by atoms with Crippen LogP contribution in [0.1, 0.15) is 49.2 Å². The van der Waals surface area contributed by atoms with Crippen LogP contribution in [-0.4, -0.2) is 11.5 Å². The lowest BCUT2D eigenvalue weighted by molar-refractivity contribution is 0.521. The van der Waals surface area contributed by atoms with Gasteiger partial charge in [0.05, 0.1) is 10.7 Å². The molecule has 1 saturated carbocycles. The lowest BCUT2D eigenvalue weighted by Crippen LogP contribution is -2.03. The number of nitrogens with zero attached hydrogens (tertiary/aromatic N) is 1. The van der Waals surface area contributed by atoms with Gasteiger partial charge in [-0.25, -0.2) is 4.98 Å². The van der Waals surface area contributed by atoms with Crippen molar-refractivity contribution in [2.45, 2.75) is 44.9 Å². The van der Waals surface area contributed by atoms with Crippen molar-refractivity contribution in [3.63, 3.8) is 0 Å². The molecule has 1 heterocycles. The summed E-state index contributed by atoms with van der Waals surface area (Å²) in [6.07, 6.45) is 6.35. The number of nitrogens with two attached hydrogens (primary N) is 1. The van der Waals surface area contributed by atoms with Crippen LogP contribution in [0.4, 0.5) is 0 Å². The third kappa shape index (κ3) is 2.58. The predicted molar refractivity (Wildman–Crippen MR) is 65.2 cm³/mol. The molecule has 2 unspecified atom stereocenters. The lowest BCUT2D eigenvalue weighted by atomic mass is 10.0. The molecule has 0 aliphatic heterocycles. The molecule has 0 spiro atoms. The Morgan fingerprint density at radius 1 is 1.53 bits per heavy atom. The second-order valence-corrected chi connectivity index (χ2v) is 5.39. The molecule has 0 radical (unpaired) electrons. The largest absolute Gasteiger partial charge is 0.330 e. The van der Waals surface area contributed by atoms with Crippen molar-refractivity contribution in [1.29, 1.82) is 0 Å². The SMILES string of the molecule is CCC1CCC(c2nc(CCN)cs2)C1. The summed E-state index contributed by atoms with van der Waals surface area (Å²) in [4.78, 5) is 4.69. The van der Waals surface area contributed by atoms with Crippen molar-refractivity contribution in [3.05, 3.63) is 16.1 Å². The van der Waals surface area contributed by atoms with Crippen LogP contribution in [0.25, 0.3) is 0 Å². The van der Waals surface area contributed by atoms with Gasteiger partial charge in [0.1, 0.15) is 0 Å². The van der Waals surface area contributed by atoms with E-state index in [1.54, 1.807) is 0 Å². The smallest absolute Gasteiger partial charge is 0.0959 e. The fourth-order valence-electron chi connectivity index (χ4n) is 2.44. The topological polar surface area (TPSA) is 38.9 Å². The van der Waals surface area contributed by atoms with Crippen molar-refractivity contribution in [3.8, 4) is 0 Å². The van der Waals surface area contributed by atoms with E-state index in [1.165, 1.54) is 36.4 Å². The first-order valence-electron chi connectivity index (χ1n) is 5.97. The summed E-state index contributed by atoms with van der Waals surface area (Å²) in [5.41, 5.74) is 6.72. The molecular formula is C12H20N2S. The maximum atomic E-state index is 5.53. The molecule has 1 aliphatic rings. The fourth-order valence-corrected chi connectivity index (χ4v) is 3.45. The normalized spacial score (nSPS) is 26.0. The van der Waals surface area contributed by atoms with Crippen LogP contribution in [0, 0.1) is 5.92 Å². The van der Waals surface area contributed by atoms with E-state index >= 15 is 0 Å². The average molecular weight is 224 g/mol. The molecule has 0 saturated heterocycles. The summed E-state index contributed by atoms with van der Waals surface area (Å²) in [5, 5.41) is 3.54. The standard InChI is InChI=1S/C12H20N2S/c1-2-9-3-4-10(7-9)12-14-11(5-6-13)8-15-12/h8-10H,2-7,13H2,1H3. The molecule has 0 amide bonds. The Bertz CT molecular complexity index is 308. The first-order valence-corrected chi connectivity index (χ1v) is 6.85. The summed E-state index contributed by atoms with van der Waals surface area (Å²) in [6.45, 7) is 3.01. The first kappa shape index (κ1) is 11.1. The van der Waals surface area contributed by atoms with Gasteiger partial charge >= 0.3 is 0 Å². The predicted octanol–water partition coefficient (Wildman–Crippen LogP) is 2.94. The van der Waals surface area contributed by atoms with E-state index in [1.807, 2.05) is 11.3 Å². The summed E-state index contributed by atoms with van der Waals surface area (Å²) >= 11 is 1.83. The van der Waals surface area contributed by atoms with Crippen molar-refractivity contribution >= 4 is 11.3 Å². The highest BCUT2D eigenvalue weighted by atomic mass is 32.1. The zero-order valence-corrected chi connectivity index (χ0v) is 10.2. The van der Waals surface area contributed by atoms with Gasteiger partial charge in [0.15, 0.2) is 0 Å². The molecule has 2 rings (SSSR count). The molecule has 1 aromatic heterocycles. The van der Waals surface area contributed by atoms with Crippen LogP contribution in [0.5, 0.6) is 0 Å². The third-order valence-electron chi connectivity index (χ3n) is 3.44. The monoisotopic (exact) mass is 224 g/mol. The molecule has 2 nitrogen and oxygen atoms in total. The van der Waals surface area contributed by atoms with Crippen LogP contribution in [-0.2, 0) is 6.42 Å². The highest BCUT2D eigenvalue weighted by molar-refractivity contribution is 7.09. The van der Waals surface area contributed by atoms with Crippen LogP contribution in [0.3, 0.4) is 0 Å². The van der Waals surface area contributed by atoms with Gasteiger partial charge in [0.2, 0.25) is 0 Å². The summed E-state index contributed by atoms with van der Waals surface area (Å²) < 4.78 is 0. The van der Waals surface area contributed by atoms with Gasteiger partial charge < -0.3 is 5.73 Å². The van der Waals surface area contributed by atoms with Crippen LogP contribution in [0.2, 0.25) is 0 Å². The van der Waals surface area contributed by atoms with Gasteiger partial charge in [-0.3, -0.25) is 0 Å². The third-order valence-corrected chi connectivity index (χ3v) is 4.49. The summed E-state index contributed by atoms with van der Waals surface area (Å²) in [7, 11) is 0. The molecule has 15 heavy (non-hydrogen) atoms. The summed E-state index contributed by atoms with van der Waals surface area (Å²) in [5.74, 6) is 1.68. The second kappa shape index (κ2) is 5.08. The van der Waals surface area contributed by atoms with Gasteiger partial charge in [-0.1, -0.05) is 13.3 Å². The number of rotatable bonds is 4. The van der Waals surface area contributed by atoms with Crippen molar-refractivity contribution in [1.82, 2.24) is 4.98 Å². The Balaban J connectivity index is 1.97. The molecule has 0 bridgehead atoms. The molecule has 3 heteroatoms. The van der Waals surface area contributed by atoms with Crippen LogP contribution < -0.4 is 5.73 Å². The van der Waals surface area contributed by atoms with E-state index < -0.39 is 0 Å². The molecule has 1 fully saturated rings. The fraction of sp³-hybridized carbons (Fsp3) is 0.750. The Kier molecular flexibility index (Phi) is 3.76. The Hall–Kier alpha value is -0.410. The van der Waals surface area contributed by atoms with Gasteiger partial charge in [0.25, 0.3) is 0 Å². The van der Waals surface area contributed by atoms with E-state index in [-0.39, 0.29) is 0 Å². The van der Waals surface area contributed by atoms with Crippen molar-refractivity contribution in [2.24, 2.45) is 11.7 Å². The summed E-state index contributed by atoms with van der Waals surface area (Å²) in [6, 6.07) is 0. The van der Waals surface area contributed by atoms with Gasteiger partial charge in [0, 0.05) is 17.7 Å². The number of hydrogen-bond acceptors (Lipinski definition) is 3. The van der Waals surface area contributed by atoms with E-state index in [9.17, 15) is 0 Å². The molecule has 0 aromatic carbocycles. The van der Waals surface area contributed by atoms with E-state index in [4.69, 9.17) is 5.73 Å². The molecule has 2 atom stereocenters.